The van der Waals surface area contributed by atoms with Gasteiger partial charge in [0.15, 0.2) is 0 Å². The summed E-state index contributed by atoms with van der Waals surface area (Å²) in [6.07, 6.45) is 8.40. The monoisotopic (exact) mass is 378 g/mol. The van der Waals surface area contributed by atoms with E-state index in [0.29, 0.717) is 17.4 Å². The fourth-order valence-corrected chi connectivity index (χ4v) is 6.26. The van der Waals surface area contributed by atoms with Crippen molar-refractivity contribution < 1.29 is 10.2 Å². The van der Waals surface area contributed by atoms with Gasteiger partial charge in [0, 0.05) is 5.41 Å². The summed E-state index contributed by atoms with van der Waals surface area (Å²) < 4.78 is 0. The van der Waals surface area contributed by atoms with Gasteiger partial charge >= 0.3 is 0 Å². The molecule has 2 nitrogen and oxygen atoms in total. The molecule has 4 rings (SSSR count). The number of phenolic OH excluding ortho intramolecular Hbond substituents is 2. The van der Waals surface area contributed by atoms with Gasteiger partial charge in [0.2, 0.25) is 0 Å². The first-order valence-corrected chi connectivity index (χ1v) is 11.1. The molecule has 0 amide bonds. The predicted molar refractivity (Wildman–Crippen MR) is 115 cm³/mol. The second kappa shape index (κ2) is 7.46. The zero-order valence-electron chi connectivity index (χ0n) is 17.5. The van der Waals surface area contributed by atoms with Gasteiger partial charge in [-0.25, -0.2) is 0 Å². The summed E-state index contributed by atoms with van der Waals surface area (Å²) in [5, 5.41) is 20.5. The van der Waals surface area contributed by atoms with Crippen LogP contribution in [0.25, 0.3) is 0 Å². The average Bonchev–Trinajstić information content (AvgIpc) is 3.32. The molecule has 0 aliphatic heterocycles. The standard InChI is InChI=1S/C26H34O2/c1-4-17-15-20(10-13-24(17)27)26(3,21-11-14-25(28)18(5-2)16-21)23-12-9-19-7-6-8-22(19)23/h10-11,13-16,19,22-23,27-28H,4-9,12H2,1-3H3. The van der Waals surface area contributed by atoms with Gasteiger partial charge in [-0.15, -0.1) is 0 Å². The van der Waals surface area contributed by atoms with Gasteiger partial charge in [0.1, 0.15) is 11.5 Å². The van der Waals surface area contributed by atoms with E-state index in [-0.39, 0.29) is 5.41 Å². The maximum atomic E-state index is 10.3. The van der Waals surface area contributed by atoms with Crippen LogP contribution >= 0.6 is 0 Å². The second-order valence-electron chi connectivity index (χ2n) is 9.14. The minimum absolute atomic E-state index is 0.0982. The van der Waals surface area contributed by atoms with E-state index in [9.17, 15) is 10.2 Å². The summed E-state index contributed by atoms with van der Waals surface area (Å²) in [5.74, 6) is 3.10. The molecule has 150 valence electrons. The first-order chi connectivity index (χ1) is 13.5. The highest BCUT2D eigenvalue weighted by Gasteiger charge is 2.49. The minimum atomic E-state index is -0.0982. The van der Waals surface area contributed by atoms with Crippen LogP contribution in [0.3, 0.4) is 0 Å². The van der Waals surface area contributed by atoms with Gasteiger partial charge in [0.25, 0.3) is 0 Å². The van der Waals surface area contributed by atoms with Crippen molar-refractivity contribution in [3.05, 3.63) is 58.7 Å². The molecular weight excluding hydrogens is 344 g/mol. The van der Waals surface area contributed by atoms with E-state index < -0.39 is 0 Å². The predicted octanol–water partition coefficient (Wildman–Crippen LogP) is 6.35. The second-order valence-corrected chi connectivity index (χ2v) is 9.14. The average molecular weight is 379 g/mol. The summed E-state index contributed by atoms with van der Waals surface area (Å²) in [4.78, 5) is 0. The third kappa shape index (κ3) is 3.02. The van der Waals surface area contributed by atoms with Gasteiger partial charge in [-0.2, -0.15) is 0 Å². The molecule has 0 radical (unpaired) electrons. The molecule has 2 aliphatic carbocycles. The zero-order valence-corrected chi connectivity index (χ0v) is 17.5. The Bertz CT molecular complexity index is 800. The lowest BCUT2D eigenvalue weighted by Crippen LogP contribution is -2.36. The van der Waals surface area contributed by atoms with E-state index >= 15 is 0 Å². The molecule has 2 heteroatoms. The van der Waals surface area contributed by atoms with Crippen LogP contribution in [0.2, 0.25) is 0 Å². The molecule has 0 spiro atoms. The van der Waals surface area contributed by atoms with Gasteiger partial charge in [-0.05, 0) is 84.2 Å². The molecule has 2 aliphatic rings. The molecule has 0 heterocycles. The van der Waals surface area contributed by atoms with Crippen molar-refractivity contribution in [3.8, 4) is 11.5 Å². The third-order valence-electron chi connectivity index (χ3n) is 7.94. The maximum absolute atomic E-state index is 10.3. The fraction of sp³-hybridized carbons (Fsp3) is 0.538. The van der Waals surface area contributed by atoms with Crippen molar-refractivity contribution in [2.75, 3.05) is 0 Å². The fourth-order valence-electron chi connectivity index (χ4n) is 6.26. The van der Waals surface area contributed by atoms with Crippen LogP contribution in [0.5, 0.6) is 11.5 Å². The Morgan fingerprint density at radius 1 is 0.821 bits per heavy atom. The molecule has 28 heavy (non-hydrogen) atoms. The van der Waals surface area contributed by atoms with Gasteiger partial charge in [0.05, 0.1) is 0 Å². The largest absolute Gasteiger partial charge is 0.508 e. The quantitative estimate of drug-likeness (QED) is 0.636. The Balaban J connectivity index is 1.88. The number of aromatic hydroxyl groups is 2. The summed E-state index contributed by atoms with van der Waals surface area (Å²) >= 11 is 0. The third-order valence-corrected chi connectivity index (χ3v) is 7.94. The van der Waals surface area contributed by atoms with Crippen molar-refractivity contribution in [1.29, 1.82) is 0 Å². The molecule has 3 atom stereocenters. The van der Waals surface area contributed by atoms with Crippen LogP contribution in [-0.4, -0.2) is 10.2 Å². The molecule has 2 N–H and O–H groups in total. The first-order valence-electron chi connectivity index (χ1n) is 11.1. The Labute approximate surface area is 169 Å². The zero-order chi connectivity index (χ0) is 19.9. The van der Waals surface area contributed by atoms with Gasteiger partial charge < -0.3 is 10.2 Å². The molecule has 2 aromatic rings. The molecule has 0 saturated heterocycles. The van der Waals surface area contributed by atoms with Crippen molar-refractivity contribution in [2.45, 2.75) is 71.1 Å². The lowest BCUT2D eigenvalue weighted by atomic mass is 9.63. The van der Waals surface area contributed by atoms with E-state index in [1.54, 1.807) is 0 Å². The van der Waals surface area contributed by atoms with Gasteiger partial charge in [-0.3, -0.25) is 0 Å². The Hall–Kier alpha value is -1.96. The summed E-state index contributed by atoms with van der Waals surface area (Å²) in [7, 11) is 0. The van der Waals surface area contributed by atoms with E-state index in [4.69, 9.17) is 0 Å². The normalized spacial score (nSPS) is 24.5. The van der Waals surface area contributed by atoms with Crippen LogP contribution in [0.4, 0.5) is 0 Å². The van der Waals surface area contributed by atoms with Crippen molar-refractivity contribution in [2.24, 2.45) is 17.8 Å². The van der Waals surface area contributed by atoms with E-state index in [2.05, 4.69) is 45.0 Å². The van der Waals surface area contributed by atoms with Crippen LogP contribution in [0.1, 0.15) is 75.1 Å². The number of aryl methyl sites for hydroxylation is 2. The molecular formula is C26H34O2. The van der Waals surface area contributed by atoms with Crippen molar-refractivity contribution >= 4 is 0 Å². The Morgan fingerprint density at radius 3 is 1.93 bits per heavy atom. The number of benzene rings is 2. The summed E-state index contributed by atoms with van der Waals surface area (Å²) in [5.41, 5.74) is 4.58. The lowest BCUT2D eigenvalue weighted by Gasteiger charge is -2.41. The van der Waals surface area contributed by atoms with Crippen LogP contribution < -0.4 is 0 Å². The van der Waals surface area contributed by atoms with Crippen molar-refractivity contribution in [3.63, 3.8) is 0 Å². The van der Waals surface area contributed by atoms with Gasteiger partial charge in [-0.1, -0.05) is 57.9 Å². The highest BCUT2D eigenvalue weighted by Crippen LogP contribution is 2.57. The van der Waals surface area contributed by atoms with Crippen LogP contribution in [-0.2, 0) is 18.3 Å². The van der Waals surface area contributed by atoms with Crippen LogP contribution in [0, 0.1) is 17.8 Å². The summed E-state index contributed by atoms with van der Waals surface area (Å²) in [6, 6.07) is 12.5. The molecule has 3 unspecified atom stereocenters. The highest BCUT2D eigenvalue weighted by molar-refractivity contribution is 5.48. The number of phenols is 2. The molecule has 0 aromatic heterocycles. The number of hydrogen-bond acceptors (Lipinski definition) is 2. The van der Waals surface area contributed by atoms with E-state index in [1.165, 1.54) is 43.2 Å². The minimum Gasteiger partial charge on any atom is -0.508 e. The Morgan fingerprint density at radius 2 is 1.39 bits per heavy atom. The molecule has 2 saturated carbocycles. The maximum Gasteiger partial charge on any atom is 0.118 e. The van der Waals surface area contributed by atoms with E-state index in [1.807, 2.05) is 12.1 Å². The smallest absolute Gasteiger partial charge is 0.118 e. The molecule has 0 bridgehead atoms. The number of hydrogen-bond donors (Lipinski definition) is 2. The lowest BCUT2D eigenvalue weighted by molar-refractivity contribution is 0.251. The van der Waals surface area contributed by atoms with Crippen LogP contribution in [0.15, 0.2) is 36.4 Å². The Kier molecular flexibility index (Phi) is 5.16. The first kappa shape index (κ1) is 19.4. The van der Waals surface area contributed by atoms with E-state index in [0.717, 1.165) is 35.8 Å². The topological polar surface area (TPSA) is 40.5 Å². The molecule has 2 fully saturated rings. The highest BCUT2D eigenvalue weighted by atomic mass is 16.3. The summed E-state index contributed by atoms with van der Waals surface area (Å²) in [6.45, 7) is 6.62. The van der Waals surface area contributed by atoms with Crippen molar-refractivity contribution in [1.82, 2.24) is 0 Å². The number of rotatable bonds is 5. The number of fused-ring (bicyclic) bond motifs is 1. The SMILES string of the molecule is CCc1cc(C(C)(c2ccc(O)c(CC)c2)C2CCC3CCCC32)ccc1O. The molecule has 2 aromatic carbocycles.